The average molecular weight is 367 g/mol. The smallest absolute Gasteiger partial charge is 0.271 e. The van der Waals surface area contributed by atoms with Crippen molar-refractivity contribution in [2.24, 2.45) is 5.10 Å². The molecule has 0 aliphatic heterocycles. The number of nitro groups is 1. The fraction of sp³-hybridized carbons (Fsp3) is 0.0588. The molecule has 0 saturated carbocycles. The van der Waals surface area contributed by atoms with Crippen LogP contribution in [0.1, 0.15) is 15.9 Å². The predicted molar refractivity (Wildman–Crippen MR) is 96.2 cm³/mol. The summed E-state index contributed by atoms with van der Waals surface area (Å²) in [6, 6.07) is 10.2. The second-order valence-electron chi connectivity index (χ2n) is 5.28. The molecular weight excluding hydrogens is 354 g/mol. The van der Waals surface area contributed by atoms with Crippen molar-refractivity contribution in [1.82, 2.24) is 14.8 Å². The number of nitrogens with one attached hydrogen (secondary N) is 1. The fourth-order valence-electron chi connectivity index (χ4n) is 2.33. The molecule has 2 heterocycles. The minimum absolute atomic E-state index is 0.0422. The number of carbonyl (C=O) groups excluding carboxylic acids is 1. The molecule has 10 nitrogen and oxygen atoms in total. The van der Waals surface area contributed by atoms with Gasteiger partial charge < -0.3 is 4.74 Å². The average Bonchev–Trinajstić information content (AvgIpc) is 2.69. The molecule has 0 saturated heterocycles. The van der Waals surface area contributed by atoms with Gasteiger partial charge in [-0.1, -0.05) is 12.1 Å². The molecule has 0 unspecified atom stereocenters. The zero-order valence-electron chi connectivity index (χ0n) is 14.0. The first-order valence-corrected chi connectivity index (χ1v) is 7.64. The van der Waals surface area contributed by atoms with E-state index in [2.05, 4.69) is 15.5 Å². The Labute approximate surface area is 151 Å². The van der Waals surface area contributed by atoms with Crippen LogP contribution in [-0.2, 0) is 0 Å². The van der Waals surface area contributed by atoms with Crippen LogP contribution in [0.2, 0.25) is 0 Å². The van der Waals surface area contributed by atoms with Crippen molar-refractivity contribution in [3.63, 3.8) is 0 Å². The van der Waals surface area contributed by atoms with Gasteiger partial charge in [-0.05, 0) is 18.2 Å². The molecule has 10 heteroatoms. The number of methoxy groups -OCH3 is 1. The normalized spacial score (nSPS) is 10.9. The van der Waals surface area contributed by atoms with Gasteiger partial charge in [-0.15, -0.1) is 0 Å². The number of hydrazone groups is 1. The number of rotatable bonds is 5. The lowest BCUT2D eigenvalue weighted by Crippen LogP contribution is -2.22. The highest BCUT2D eigenvalue weighted by molar-refractivity contribution is 5.95. The van der Waals surface area contributed by atoms with Gasteiger partial charge in [0.15, 0.2) is 0 Å². The monoisotopic (exact) mass is 367 g/mol. The van der Waals surface area contributed by atoms with Gasteiger partial charge >= 0.3 is 0 Å². The van der Waals surface area contributed by atoms with Crippen LogP contribution in [0.3, 0.4) is 0 Å². The van der Waals surface area contributed by atoms with Crippen molar-refractivity contribution in [2.75, 3.05) is 7.11 Å². The Balaban J connectivity index is 1.87. The first-order chi connectivity index (χ1) is 13.0. The Kier molecular flexibility index (Phi) is 4.88. The van der Waals surface area contributed by atoms with Crippen molar-refractivity contribution < 1.29 is 14.5 Å². The highest BCUT2D eigenvalue weighted by Gasteiger charge is 2.13. The molecule has 2 aromatic heterocycles. The Morgan fingerprint density at radius 2 is 2.15 bits per heavy atom. The number of nitrogens with zero attached hydrogens (tertiary/aromatic N) is 4. The summed E-state index contributed by atoms with van der Waals surface area (Å²) in [6.45, 7) is 0. The van der Waals surface area contributed by atoms with Gasteiger partial charge in [0.2, 0.25) is 5.88 Å². The van der Waals surface area contributed by atoms with Gasteiger partial charge in [0, 0.05) is 23.9 Å². The SMILES string of the molecule is COc1nc2ccccn2c(=O)c1/C=N/NC(=O)c1cccc([N+](=O)[O-])c1. The number of carbonyl (C=O) groups is 1. The van der Waals surface area contributed by atoms with E-state index in [0.717, 1.165) is 12.3 Å². The second-order valence-corrected chi connectivity index (χ2v) is 5.28. The van der Waals surface area contributed by atoms with Crippen LogP contribution in [0, 0.1) is 10.1 Å². The molecule has 0 atom stereocenters. The van der Waals surface area contributed by atoms with Crippen molar-refractivity contribution in [3.8, 4) is 5.88 Å². The lowest BCUT2D eigenvalue weighted by molar-refractivity contribution is -0.384. The van der Waals surface area contributed by atoms with E-state index in [0.29, 0.717) is 5.65 Å². The van der Waals surface area contributed by atoms with E-state index in [1.165, 1.54) is 29.7 Å². The van der Waals surface area contributed by atoms with E-state index in [9.17, 15) is 19.7 Å². The van der Waals surface area contributed by atoms with Gasteiger partial charge in [0.05, 0.1) is 18.2 Å². The molecule has 27 heavy (non-hydrogen) atoms. The summed E-state index contributed by atoms with van der Waals surface area (Å²) in [5.41, 5.74) is 2.07. The first kappa shape index (κ1) is 17.7. The van der Waals surface area contributed by atoms with Crippen LogP contribution in [-0.4, -0.2) is 33.5 Å². The van der Waals surface area contributed by atoms with E-state index in [1.807, 2.05) is 0 Å². The van der Waals surface area contributed by atoms with Gasteiger partial charge in [-0.2, -0.15) is 10.1 Å². The minimum Gasteiger partial charge on any atom is -0.480 e. The molecule has 0 fully saturated rings. The van der Waals surface area contributed by atoms with Gasteiger partial charge in [-0.3, -0.25) is 24.1 Å². The Morgan fingerprint density at radius 3 is 2.89 bits per heavy atom. The summed E-state index contributed by atoms with van der Waals surface area (Å²) in [7, 11) is 1.36. The van der Waals surface area contributed by atoms with E-state index in [4.69, 9.17) is 4.74 Å². The Hall–Kier alpha value is -4.08. The van der Waals surface area contributed by atoms with E-state index in [1.54, 1.807) is 24.4 Å². The van der Waals surface area contributed by atoms with Crippen LogP contribution >= 0.6 is 0 Å². The van der Waals surface area contributed by atoms with Gasteiger partial charge in [-0.25, -0.2) is 5.43 Å². The predicted octanol–water partition coefficient (Wildman–Crippen LogP) is 1.38. The molecule has 1 aromatic carbocycles. The van der Waals surface area contributed by atoms with E-state index >= 15 is 0 Å². The molecule has 3 aromatic rings. The highest BCUT2D eigenvalue weighted by atomic mass is 16.6. The van der Waals surface area contributed by atoms with Gasteiger partial charge in [0.1, 0.15) is 11.2 Å². The molecule has 136 valence electrons. The topological polar surface area (TPSA) is 128 Å². The zero-order valence-corrected chi connectivity index (χ0v) is 14.0. The lowest BCUT2D eigenvalue weighted by Gasteiger charge is -2.06. The van der Waals surface area contributed by atoms with Crippen LogP contribution in [0.5, 0.6) is 5.88 Å². The van der Waals surface area contributed by atoms with Crippen LogP contribution in [0.4, 0.5) is 5.69 Å². The minimum atomic E-state index is -0.664. The third-order valence-electron chi connectivity index (χ3n) is 3.61. The molecule has 1 N–H and O–H groups in total. The van der Waals surface area contributed by atoms with Crippen molar-refractivity contribution in [3.05, 3.63) is 80.3 Å². The number of aromatic nitrogens is 2. The quantitative estimate of drug-likeness (QED) is 0.412. The lowest BCUT2D eigenvalue weighted by atomic mass is 10.2. The summed E-state index contributed by atoms with van der Waals surface area (Å²) < 4.78 is 6.43. The first-order valence-electron chi connectivity index (χ1n) is 7.64. The molecular formula is C17H13N5O5. The summed E-state index contributed by atoms with van der Waals surface area (Å²) in [5.74, 6) is -0.609. The summed E-state index contributed by atoms with van der Waals surface area (Å²) in [5, 5.41) is 14.5. The number of fused-ring (bicyclic) bond motifs is 1. The van der Waals surface area contributed by atoms with Crippen LogP contribution in [0.25, 0.3) is 5.65 Å². The molecule has 0 aliphatic rings. The fourth-order valence-corrected chi connectivity index (χ4v) is 2.33. The molecule has 3 rings (SSSR count). The summed E-state index contributed by atoms with van der Waals surface area (Å²) in [6.07, 6.45) is 2.66. The number of non-ortho nitro benzene ring substituents is 1. The molecule has 0 bridgehead atoms. The standard InChI is InChI=1S/C17H13N5O5/c1-27-16-13(17(24)21-8-3-2-7-14(21)19-16)10-18-20-15(23)11-5-4-6-12(9-11)22(25)26/h2-10H,1H3,(H,20,23)/b18-10+. The molecule has 0 radical (unpaired) electrons. The molecule has 0 spiro atoms. The maximum Gasteiger partial charge on any atom is 0.271 e. The number of ether oxygens (including phenoxy) is 1. The van der Waals surface area contributed by atoms with Crippen LogP contribution in [0.15, 0.2) is 58.6 Å². The van der Waals surface area contributed by atoms with Crippen LogP contribution < -0.4 is 15.7 Å². The number of amides is 1. The van der Waals surface area contributed by atoms with Crippen molar-refractivity contribution in [1.29, 1.82) is 0 Å². The summed E-state index contributed by atoms with van der Waals surface area (Å²) >= 11 is 0. The van der Waals surface area contributed by atoms with Crippen molar-refractivity contribution in [2.45, 2.75) is 0 Å². The second kappa shape index (κ2) is 7.44. The van der Waals surface area contributed by atoms with Crippen molar-refractivity contribution >= 4 is 23.5 Å². The Morgan fingerprint density at radius 1 is 1.33 bits per heavy atom. The Bertz CT molecular complexity index is 1120. The molecule has 0 aliphatic carbocycles. The maximum absolute atomic E-state index is 12.5. The highest BCUT2D eigenvalue weighted by Crippen LogP contribution is 2.13. The number of benzene rings is 1. The number of hydrogen-bond acceptors (Lipinski definition) is 7. The third-order valence-corrected chi connectivity index (χ3v) is 3.61. The summed E-state index contributed by atoms with van der Waals surface area (Å²) in [4.78, 5) is 39.0. The number of nitro benzene ring substituents is 1. The van der Waals surface area contributed by atoms with E-state index in [-0.39, 0.29) is 22.7 Å². The van der Waals surface area contributed by atoms with E-state index < -0.39 is 16.4 Å². The zero-order chi connectivity index (χ0) is 19.4. The number of hydrogen-bond donors (Lipinski definition) is 1. The van der Waals surface area contributed by atoms with Gasteiger partial charge in [0.25, 0.3) is 17.2 Å². The third kappa shape index (κ3) is 3.63. The largest absolute Gasteiger partial charge is 0.480 e. The molecule has 1 amide bonds. The number of pyridine rings is 1. The maximum atomic E-state index is 12.5.